The lowest BCUT2D eigenvalue weighted by Crippen LogP contribution is -2.18. The number of carbonyl (C=O) groups excluding carboxylic acids is 1. The standard InChI is InChI=1S/C24H26N4O/c1-18(2)22-10-8-20(9-11-22)14-19(3)16-25-27-24(29)23-7-4-6-21(15-23)17-28-13-5-12-26-28/h4-16,18H,17H2,1-3H3,(H,27,29)/b19-14-,25-16?. The summed E-state index contributed by atoms with van der Waals surface area (Å²) in [5.74, 6) is 0.279. The van der Waals surface area contributed by atoms with Crippen LogP contribution in [0, 0.1) is 0 Å². The van der Waals surface area contributed by atoms with Gasteiger partial charge in [-0.2, -0.15) is 10.2 Å². The minimum absolute atomic E-state index is 0.238. The molecular weight excluding hydrogens is 360 g/mol. The SMILES string of the molecule is C/C(C=NNC(=O)c1cccc(Cn2cccn2)c1)=C/c1ccc(C(C)C)cc1. The Bertz CT molecular complexity index is 1000. The summed E-state index contributed by atoms with van der Waals surface area (Å²) in [5.41, 5.74) is 7.54. The van der Waals surface area contributed by atoms with Crippen molar-refractivity contribution < 1.29 is 4.79 Å². The average Bonchev–Trinajstić information content (AvgIpc) is 3.21. The number of allylic oxidation sites excluding steroid dienone is 1. The molecule has 0 bridgehead atoms. The van der Waals surface area contributed by atoms with Crippen molar-refractivity contribution in [1.82, 2.24) is 15.2 Å². The summed E-state index contributed by atoms with van der Waals surface area (Å²) in [6.07, 6.45) is 7.31. The van der Waals surface area contributed by atoms with Crippen molar-refractivity contribution in [3.63, 3.8) is 0 Å². The van der Waals surface area contributed by atoms with Gasteiger partial charge in [0.05, 0.1) is 12.8 Å². The van der Waals surface area contributed by atoms with Crippen molar-refractivity contribution in [3.8, 4) is 0 Å². The molecule has 0 fully saturated rings. The summed E-state index contributed by atoms with van der Waals surface area (Å²) in [6, 6.07) is 17.8. The summed E-state index contributed by atoms with van der Waals surface area (Å²) < 4.78 is 1.82. The summed E-state index contributed by atoms with van der Waals surface area (Å²) in [5, 5.41) is 8.27. The number of nitrogens with one attached hydrogen (secondary N) is 1. The van der Waals surface area contributed by atoms with Gasteiger partial charge < -0.3 is 0 Å². The highest BCUT2D eigenvalue weighted by atomic mass is 16.2. The largest absolute Gasteiger partial charge is 0.271 e. The monoisotopic (exact) mass is 386 g/mol. The van der Waals surface area contributed by atoms with Gasteiger partial charge in [0.2, 0.25) is 0 Å². The zero-order valence-electron chi connectivity index (χ0n) is 17.0. The van der Waals surface area contributed by atoms with Crippen LogP contribution in [0.5, 0.6) is 0 Å². The average molecular weight is 386 g/mol. The molecule has 148 valence electrons. The highest BCUT2D eigenvalue weighted by molar-refractivity contribution is 5.95. The predicted octanol–water partition coefficient (Wildman–Crippen LogP) is 4.87. The molecule has 3 rings (SSSR count). The molecule has 1 aromatic heterocycles. The Morgan fingerprint density at radius 1 is 1.17 bits per heavy atom. The first-order valence-corrected chi connectivity index (χ1v) is 9.69. The van der Waals surface area contributed by atoms with Crippen LogP contribution >= 0.6 is 0 Å². The lowest BCUT2D eigenvalue weighted by Gasteiger charge is -2.05. The molecule has 0 atom stereocenters. The fourth-order valence-corrected chi connectivity index (χ4v) is 2.93. The number of hydrogen-bond acceptors (Lipinski definition) is 3. The van der Waals surface area contributed by atoms with Crippen molar-refractivity contribution in [2.75, 3.05) is 0 Å². The number of benzene rings is 2. The quantitative estimate of drug-likeness (QED) is 0.465. The maximum Gasteiger partial charge on any atom is 0.271 e. The molecule has 0 unspecified atom stereocenters. The molecule has 0 spiro atoms. The topological polar surface area (TPSA) is 59.3 Å². The van der Waals surface area contributed by atoms with E-state index in [0.717, 1.165) is 16.7 Å². The first kappa shape index (κ1) is 20.3. The summed E-state index contributed by atoms with van der Waals surface area (Å²) in [4.78, 5) is 12.4. The molecule has 3 aromatic rings. The Hall–Kier alpha value is -3.47. The predicted molar refractivity (Wildman–Crippen MR) is 118 cm³/mol. The number of carbonyl (C=O) groups is 1. The highest BCUT2D eigenvalue weighted by Gasteiger charge is 2.05. The van der Waals surface area contributed by atoms with Gasteiger partial charge in [0, 0.05) is 18.0 Å². The molecule has 0 aliphatic carbocycles. The van der Waals surface area contributed by atoms with Gasteiger partial charge in [0.25, 0.3) is 5.91 Å². The fraction of sp³-hybridized carbons (Fsp3) is 0.208. The van der Waals surface area contributed by atoms with E-state index in [0.29, 0.717) is 18.0 Å². The molecule has 0 radical (unpaired) electrons. The third-order valence-electron chi connectivity index (χ3n) is 4.52. The van der Waals surface area contributed by atoms with Crippen LogP contribution in [-0.2, 0) is 6.54 Å². The van der Waals surface area contributed by atoms with Crippen molar-refractivity contribution >= 4 is 18.2 Å². The molecule has 1 amide bonds. The first-order valence-electron chi connectivity index (χ1n) is 9.69. The number of aromatic nitrogens is 2. The number of nitrogens with zero attached hydrogens (tertiary/aromatic N) is 3. The Kier molecular flexibility index (Phi) is 6.74. The van der Waals surface area contributed by atoms with Crippen LogP contribution in [0.25, 0.3) is 6.08 Å². The van der Waals surface area contributed by atoms with Crippen molar-refractivity contribution in [1.29, 1.82) is 0 Å². The first-order chi connectivity index (χ1) is 14.0. The van der Waals surface area contributed by atoms with Gasteiger partial charge in [0.15, 0.2) is 0 Å². The zero-order chi connectivity index (χ0) is 20.6. The van der Waals surface area contributed by atoms with E-state index in [1.165, 1.54) is 5.56 Å². The molecule has 0 saturated carbocycles. The van der Waals surface area contributed by atoms with E-state index < -0.39 is 0 Å². The molecule has 0 aliphatic heterocycles. The molecule has 2 aromatic carbocycles. The van der Waals surface area contributed by atoms with Crippen molar-refractivity contribution in [2.45, 2.75) is 33.2 Å². The zero-order valence-corrected chi connectivity index (χ0v) is 17.0. The highest BCUT2D eigenvalue weighted by Crippen LogP contribution is 2.16. The van der Waals surface area contributed by atoms with Crippen molar-refractivity contribution in [2.24, 2.45) is 5.10 Å². The van der Waals surface area contributed by atoms with Crippen LogP contribution in [0.3, 0.4) is 0 Å². The van der Waals surface area contributed by atoms with Gasteiger partial charge in [0.1, 0.15) is 0 Å². The van der Waals surface area contributed by atoms with Crippen LogP contribution < -0.4 is 5.43 Å². The molecule has 29 heavy (non-hydrogen) atoms. The Morgan fingerprint density at radius 3 is 2.66 bits per heavy atom. The van der Waals surface area contributed by atoms with Gasteiger partial charge in [-0.3, -0.25) is 9.48 Å². The van der Waals surface area contributed by atoms with Crippen LogP contribution in [0.2, 0.25) is 0 Å². The minimum atomic E-state index is -0.238. The van der Waals surface area contributed by atoms with Crippen LogP contribution in [0.15, 0.2) is 77.7 Å². The molecule has 5 heteroatoms. The third-order valence-corrected chi connectivity index (χ3v) is 4.52. The number of hydrazone groups is 1. The van der Waals surface area contributed by atoms with Crippen LogP contribution in [0.4, 0.5) is 0 Å². The Morgan fingerprint density at radius 2 is 1.97 bits per heavy atom. The van der Waals surface area contributed by atoms with E-state index in [1.807, 2.05) is 48.1 Å². The number of amides is 1. The second kappa shape index (κ2) is 9.64. The lowest BCUT2D eigenvalue weighted by molar-refractivity contribution is 0.0955. The van der Waals surface area contributed by atoms with Gasteiger partial charge in [-0.25, -0.2) is 5.43 Å². The van der Waals surface area contributed by atoms with Crippen LogP contribution in [0.1, 0.15) is 53.7 Å². The second-order valence-corrected chi connectivity index (χ2v) is 7.31. The van der Waals surface area contributed by atoms with E-state index in [2.05, 4.69) is 53.7 Å². The minimum Gasteiger partial charge on any atom is -0.268 e. The Balaban J connectivity index is 1.58. The van der Waals surface area contributed by atoms with Gasteiger partial charge in [-0.05, 0) is 53.3 Å². The molecule has 5 nitrogen and oxygen atoms in total. The number of hydrogen-bond donors (Lipinski definition) is 1. The van der Waals surface area contributed by atoms with E-state index in [9.17, 15) is 4.79 Å². The van der Waals surface area contributed by atoms with Gasteiger partial charge in [-0.1, -0.05) is 56.3 Å². The fourth-order valence-electron chi connectivity index (χ4n) is 2.93. The molecule has 0 saturated heterocycles. The van der Waals surface area contributed by atoms with Gasteiger partial charge >= 0.3 is 0 Å². The van der Waals surface area contributed by atoms with E-state index in [-0.39, 0.29) is 5.91 Å². The maximum absolute atomic E-state index is 12.4. The summed E-state index contributed by atoms with van der Waals surface area (Å²) in [7, 11) is 0. The molecule has 1 N–H and O–H groups in total. The third kappa shape index (κ3) is 6.01. The molecule has 0 aliphatic rings. The smallest absolute Gasteiger partial charge is 0.268 e. The molecule has 1 heterocycles. The summed E-state index contributed by atoms with van der Waals surface area (Å²) >= 11 is 0. The lowest BCUT2D eigenvalue weighted by atomic mass is 10.0. The Labute approximate surface area is 171 Å². The van der Waals surface area contributed by atoms with E-state index in [4.69, 9.17) is 0 Å². The second-order valence-electron chi connectivity index (χ2n) is 7.31. The van der Waals surface area contributed by atoms with E-state index >= 15 is 0 Å². The summed E-state index contributed by atoms with van der Waals surface area (Å²) in [6.45, 7) is 6.93. The van der Waals surface area contributed by atoms with E-state index in [1.54, 1.807) is 18.5 Å². The number of rotatable bonds is 7. The van der Waals surface area contributed by atoms with Crippen molar-refractivity contribution in [3.05, 3.63) is 94.8 Å². The van der Waals surface area contributed by atoms with Crippen LogP contribution in [-0.4, -0.2) is 21.9 Å². The maximum atomic E-state index is 12.4. The normalized spacial score (nSPS) is 11.9. The van der Waals surface area contributed by atoms with Gasteiger partial charge in [-0.15, -0.1) is 0 Å². The molecular formula is C24H26N4O.